The summed E-state index contributed by atoms with van der Waals surface area (Å²) < 4.78 is 5.29. The van der Waals surface area contributed by atoms with Crippen LogP contribution in [0.3, 0.4) is 0 Å². The third-order valence-electron chi connectivity index (χ3n) is 2.55. The number of nitrogens with zero attached hydrogens (tertiary/aromatic N) is 1. The molecule has 0 atom stereocenters. The number of hydrazine groups is 1. The first-order valence-electron chi connectivity index (χ1n) is 5.89. The molecule has 1 rings (SSSR count). The van der Waals surface area contributed by atoms with Crippen molar-refractivity contribution in [1.82, 2.24) is 10.3 Å². The average molecular weight is 255 g/mol. The highest BCUT2D eigenvalue weighted by Crippen LogP contribution is 2.15. The predicted octanol–water partition coefficient (Wildman–Crippen LogP) is 0.476. The molecule has 0 aliphatic heterocycles. The SMILES string of the molecule is CCN(Cc1occc1C(=O)NN)CC(C)(C)O. The van der Waals surface area contributed by atoms with Crippen LogP contribution in [0.15, 0.2) is 16.7 Å². The Morgan fingerprint density at radius 2 is 2.28 bits per heavy atom. The zero-order valence-corrected chi connectivity index (χ0v) is 11.1. The second-order valence-corrected chi connectivity index (χ2v) is 4.85. The number of nitrogens with two attached hydrogens (primary N) is 1. The van der Waals surface area contributed by atoms with Gasteiger partial charge in [-0.3, -0.25) is 15.1 Å². The van der Waals surface area contributed by atoms with Crippen molar-refractivity contribution >= 4 is 5.91 Å². The third kappa shape index (κ3) is 4.14. The summed E-state index contributed by atoms with van der Waals surface area (Å²) >= 11 is 0. The number of carbonyl (C=O) groups excluding carboxylic acids is 1. The van der Waals surface area contributed by atoms with Gasteiger partial charge >= 0.3 is 0 Å². The van der Waals surface area contributed by atoms with E-state index in [4.69, 9.17) is 10.3 Å². The summed E-state index contributed by atoms with van der Waals surface area (Å²) in [6.45, 7) is 7.16. The highest BCUT2D eigenvalue weighted by Gasteiger charge is 2.21. The Bertz CT molecular complexity index is 396. The second-order valence-electron chi connectivity index (χ2n) is 4.85. The Morgan fingerprint density at radius 1 is 1.61 bits per heavy atom. The second kappa shape index (κ2) is 5.99. The summed E-state index contributed by atoms with van der Waals surface area (Å²) in [5.74, 6) is 5.27. The van der Waals surface area contributed by atoms with Crippen molar-refractivity contribution < 1.29 is 14.3 Å². The molecule has 0 spiro atoms. The van der Waals surface area contributed by atoms with E-state index in [0.717, 1.165) is 6.54 Å². The lowest BCUT2D eigenvalue weighted by Gasteiger charge is -2.27. The minimum atomic E-state index is -0.793. The van der Waals surface area contributed by atoms with Gasteiger partial charge in [0, 0.05) is 6.54 Å². The van der Waals surface area contributed by atoms with Crippen LogP contribution in [0.1, 0.15) is 36.9 Å². The number of amides is 1. The van der Waals surface area contributed by atoms with E-state index in [1.807, 2.05) is 11.8 Å². The number of likely N-dealkylation sites (N-methyl/N-ethyl adjacent to an activating group) is 1. The number of furan rings is 1. The van der Waals surface area contributed by atoms with E-state index >= 15 is 0 Å². The number of hydrogen-bond acceptors (Lipinski definition) is 5. The van der Waals surface area contributed by atoms with Crippen molar-refractivity contribution in [2.45, 2.75) is 32.9 Å². The Labute approximate surface area is 107 Å². The smallest absolute Gasteiger partial charge is 0.268 e. The van der Waals surface area contributed by atoms with Crippen LogP contribution in [0.5, 0.6) is 0 Å². The maximum Gasteiger partial charge on any atom is 0.268 e. The van der Waals surface area contributed by atoms with Gasteiger partial charge in [-0.1, -0.05) is 6.92 Å². The molecule has 4 N–H and O–H groups in total. The van der Waals surface area contributed by atoms with Gasteiger partial charge in [-0.2, -0.15) is 0 Å². The number of carbonyl (C=O) groups is 1. The standard InChI is InChI=1S/C12H21N3O3/c1-4-15(8-12(2,3)17)7-10-9(5-6-18-10)11(16)14-13/h5-6,17H,4,7-8,13H2,1-3H3,(H,14,16). The molecule has 102 valence electrons. The fourth-order valence-corrected chi connectivity index (χ4v) is 1.77. The molecule has 0 radical (unpaired) electrons. The largest absolute Gasteiger partial charge is 0.467 e. The van der Waals surface area contributed by atoms with Crippen molar-refractivity contribution in [3.8, 4) is 0 Å². The van der Waals surface area contributed by atoms with Gasteiger partial charge in [0.15, 0.2) is 0 Å². The first kappa shape index (κ1) is 14.7. The summed E-state index contributed by atoms with van der Waals surface area (Å²) in [5, 5.41) is 9.80. The lowest BCUT2D eigenvalue weighted by molar-refractivity contribution is 0.0333. The molecule has 0 aliphatic carbocycles. The summed E-state index contributed by atoms with van der Waals surface area (Å²) in [6.07, 6.45) is 1.46. The van der Waals surface area contributed by atoms with Crippen molar-refractivity contribution in [2.75, 3.05) is 13.1 Å². The fourth-order valence-electron chi connectivity index (χ4n) is 1.77. The monoisotopic (exact) mass is 255 g/mol. The van der Waals surface area contributed by atoms with Crippen molar-refractivity contribution in [1.29, 1.82) is 0 Å². The average Bonchev–Trinajstić information content (AvgIpc) is 2.73. The van der Waals surface area contributed by atoms with Gasteiger partial charge in [-0.15, -0.1) is 0 Å². The van der Waals surface area contributed by atoms with Crippen LogP contribution in [0.4, 0.5) is 0 Å². The third-order valence-corrected chi connectivity index (χ3v) is 2.55. The normalized spacial score (nSPS) is 11.9. The number of hydrogen-bond donors (Lipinski definition) is 3. The first-order valence-corrected chi connectivity index (χ1v) is 5.89. The van der Waals surface area contributed by atoms with E-state index in [0.29, 0.717) is 24.4 Å². The molecule has 6 nitrogen and oxygen atoms in total. The van der Waals surface area contributed by atoms with E-state index < -0.39 is 5.60 Å². The lowest BCUT2D eigenvalue weighted by atomic mass is 10.1. The number of aliphatic hydroxyl groups is 1. The lowest BCUT2D eigenvalue weighted by Crippen LogP contribution is -2.38. The molecular formula is C12H21N3O3. The molecule has 6 heteroatoms. The molecule has 1 aromatic heterocycles. The summed E-state index contributed by atoms with van der Waals surface area (Å²) in [7, 11) is 0. The quantitative estimate of drug-likeness (QED) is 0.390. The zero-order chi connectivity index (χ0) is 13.8. The number of nitrogens with one attached hydrogen (secondary N) is 1. The van der Waals surface area contributed by atoms with E-state index in [9.17, 15) is 9.90 Å². The van der Waals surface area contributed by atoms with Gasteiger partial charge in [0.2, 0.25) is 0 Å². The molecule has 18 heavy (non-hydrogen) atoms. The minimum absolute atomic E-state index is 0.377. The van der Waals surface area contributed by atoms with Gasteiger partial charge in [0.05, 0.1) is 24.0 Å². The molecular weight excluding hydrogens is 234 g/mol. The topological polar surface area (TPSA) is 91.7 Å². The maximum atomic E-state index is 11.5. The summed E-state index contributed by atoms with van der Waals surface area (Å²) in [6, 6.07) is 1.58. The Balaban J connectivity index is 2.76. The molecule has 0 aromatic carbocycles. The zero-order valence-electron chi connectivity index (χ0n) is 11.1. The maximum absolute atomic E-state index is 11.5. The highest BCUT2D eigenvalue weighted by molar-refractivity contribution is 5.94. The molecule has 0 saturated carbocycles. The van der Waals surface area contributed by atoms with Gasteiger partial charge in [0.25, 0.3) is 5.91 Å². The van der Waals surface area contributed by atoms with Crippen LogP contribution in [0, 0.1) is 0 Å². The van der Waals surface area contributed by atoms with Gasteiger partial charge in [-0.25, -0.2) is 5.84 Å². The molecule has 0 fully saturated rings. The molecule has 0 unspecified atom stereocenters. The molecule has 1 amide bonds. The molecule has 0 aliphatic rings. The van der Waals surface area contributed by atoms with Crippen molar-refractivity contribution in [2.24, 2.45) is 5.84 Å². The van der Waals surface area contributed by atoms with E-state index in [1.54, 1.807) is 19.9 Å². The summed E-state index contributed by atoms with van der Waals surface area (Å²) in [4.78, 5) is 13.5. The van der Waals surface area contributed by atoms with Crippen LogP contribution in [0.2, 0.25) is 0 Å². The van der Waals surface area contributed by atoms with E-state index in [1.165, 1.54) is 6.26 Å². The number of nitrogen functional groups attached to an aromatic ring is 1. The fraction of sp³-hybridized carbons (Fsp3) is 0.583. The van der Waals surface area contributed by atoms with Crippen LogP contribution in [0.25, 0.3) is 0 Å². The summed E-state index contributed by atoms with van der Waals surface area (Å²) in [5.41, 5.74) is 1.71. The minimum Gasteiger partial charge on any atom is -0.467 e. The van der Waals surface area contributed by atoms with Crippen LogP contribution >= 0.6 is 0 Å². The Hall–Kier alpha value is -1.37. The van der Waals surface area contributed by atoms with E-state index in [2.05, 4.69) is 5.43 Å². The molecule has 1 heterocycles. The number of rotatable bonds is 6. The van der Waals surface area contributed by atoms with Crippen LogP contribution in [-0.2, 0) is 6.54 Å². The van der Waals surface area contributed by atoms with Crippen molar-refractivity contribution in [3.05, 3.63) is 23.7 Å². The first-order chi connectivity index (χ1) is 8.37. The molecule has 0 bridgehead atoms. The van der Waals surface area contributed by atoms with Gasteiger partial charge in [0.1, 0.15) is 5.76 Å². The van der Waals surface area contributed by atoms with Gasteiger partial charge in [-0.05, 0) is 26.5 Å². The van der Waals surface area contributed by atoms with E-state index in [-0.39, 0.29) is 5.91 Å². The van der Waals surface area contributed by atoms with Crippen LogP contribution < -0.4 is 11.3 Å². The Morgan fingerprint density at radius 3 is 2.78 bits per heavy atom. The predicted molar refractivity (Wildman–Crippen MR) is 67.6 cm³/mol. The van der Waals surface area contributed by atoms with Gasteiger partial charge < -0.3 is 9.52 Å². The molecule has 0 saturated heterocycles. The highest BCUT2D eigenvalue weighted by atomic mass is 16.3. The van der Waals surface area contributed by atoms with Crippen molar-refractivity contribution in [3.63, 3.8) is 0 Å². The van der Waals surface area contributed by atoms with Crippen LogP contribution in [-0.4, -0.2) is 34.6 Å². The Kier molecular flexibility index (Phi) is 4.89. The molecule has 1 aromatic rings.